The summed E-state index contributed by atoms with van der Waals surface area (Å²) in [4.78, 5) is 0. The van der Waals surface area contributed by atoms with E-state index in [2.05, 4.69) is 4.57 Å². The third-order valence-corrected chi connectivity index (χ3v) is 2.85. The van der Waals surface area contributed by atoms with Crippen molar-refractivity contribution in [1.29, 1.82) is 0 Å². The predicted octanol–water partition coefficient (Wildman–Crippen LogP) is 3.01. The molecule has 3 heteroatoms. The first-order chi connectivity index (χ1) is 8.77. The Bertz CT molecular complexity index is 462. The second kappa shape index (κ2) is 6.26. The Balaban J connectivity index is 1.77. The van der Waals surface area contributed by atoms with E-state index >= 15 is 0 Å². The molecule has 1 unspecified atom stereocenters. The molecule has 0 aliphatic rings. The van der Waals surface area contributed by atoms with Gasteiger partial charge in [0, 0.05) is 18.4 Å². The highest BCUT2D eigenvalue weighted by atomic mass is 16.5. The molecule has 0 saturated carbocycles. The van der Waals surface area contributed by atoms with Crippen LogP contribution in [-0.2, 0) is 6.54 Å². The Kier molecular flexibility index (Phi) is 4.42. The number of aryl methyl sites for hydroxylation is 1. The number of benzene rings is 1. The fourth-order valence-electron chi connectivity index (χ4n) is 1.95. The molecular weight excluding hydrogens is 226 g/mol. The van der Waals surface area contributed by atoms with Gasteiger partial charge in [-0.05, 0) is 37.6 Å². The number of ether oxygens (including phenoxy) is 1. The number of aromatic nitrogens is 1. The van der Waals surface area contributed by atoms with Crippen LogP contribution in [-0.4, -0.2) is 16.3 Å². The molecule has 0 amide bonds. The minimum absolute atomic E-state index is 0.421. The lowest BCUT2D eigenvalue weighted by molar-refractivity contribution is 0.188. The Hall–Kier alpha value is -1.74. The van der Waals surface area contributed by atoms with Crippen LogP contribution in [0, 0.1) is 0 Å². The first-order valence-electron chi connectivity index (χ1n) is 6.28. The lowest BCUT2D eigenvalue weighted by Gasteiger charge is -2.11. The van der Waals surface area contributed by atoms with Crippen molar-refractivity contribution in [2.24, 2.45) is 0 Å². The molecule has 0 aliphatic heterocycles. The van der Waals surface area contributed by atoms with Crippen molar-refractivity contribution in [3.63, 3.8) is 0 Å². The first-order valence-corrected chi connectivity index (χ1v) is 6.28. The summed E-state index contributed by atoms with van der Waals surface area (Å²) in [5, 5.41) is 9.58. The van der Waals surface area contributed by atoms with Gasteiger partial charge in [-0.1, -0.05) is 18.2 Å². The quantitative estimate of drug-likeness (QED) is 0.794. The van der Waals surface area contributed by atoms with E-state index in [1.165, 1.54) is 0 Å². The van der Waals surface area contributed by atoms with Gasteiger partial charge in [-0.2, -0.15) is 0 Å². The highest BCUT2D eigenvalue weighted by Crippen LogP contribution is 2.13. The average Bonchev–Trinajstić information content (AvgIpc) is 2.84. The third-order valence-electron chi connectivity index (χ3n) is 2.85. The highest BCUT2D eigenvalue weighted by molar-refractivity contribution is 5.20. The smallest absolute Gasteiger partial charge is 0.119 e. The molecule has 1 aromatic carbocycles. The van der Waals surface area contributed by atoms with Gasteiger partial charge in [0.1, 0.15) is 5.75 Å². The third kappa shape index (κ3) is 3.37. The monoisotopic (exact) mass is 245 g/mol. The predicted molar refractivity (Wildman–Crippen MR) is 71.6 cm³/mol. The Labute approximate surface area is 108 Å². The van der Waals surface area contributed by atoms with Gasteiger partial charge in [0.15, 0.2) is 0 Å². The number of hydrogen-bond acceptors (Lipinski definition) is 2. The molecule has 1 aromatic heterocycles. The van der Waals surface area contributed by atoms with E-state index in [0.717, 1.165) is 24.4 Å². The van der Waals surface area contributed by atoms with Gasteiger partial charge in [0.25, 0.3) is 0 Å². The van der Waals surface area contributed by atoms with Crippen LogP contribution >= 0.6 is 0 Å². The maximum atomic E-state index is 9.58. The molecule has 1 heterocycles. The zero-order chi connectivity index (χ0) is 12.8. The number of para-hydroxylation sites is 1. The van der Waals surface area contributed by atoms with E-state index in [1.807, 2.05) is 48.7 Å². The van der Waals surface area contributed by atoms with Gasteiger partial charge in [0.05, 0.1) is 12.7 Å². The summed E-state index contributed by atoms with van der Waals surface area (Å²) in [7, 11) is 0. The molecule has 0 fully saturated rings. The van der Waals surface area contributed by atoms with Crippen LogP contribution in [0.4, 0.5) is 0 Å². The summed E-state index contributed by atoms with van der Waals surface area (Å²) in [5.41, 5.74) is 0.953. The standard InChI is InChI=1S/C15H19NO2/c1-13(17)15-9-5-10-16(15)11-6-12-18-14-7-3-2-4-8-14/h2-5,7-10,13,17H,6,11-12H2,1H3. The molecule has 0 saturated heterocycles. The molecule has 0 spiro atoms. The summed E-state index contributed by atoms with van der Waals surface area (Å²) >= 11 is 0. The summed E-state index contributed by atoms with van der Waals surface area (Å²) in [6.07, 6.45) is 2.49. The molecule has 3 nitrogen and oxygen atoms in total. The van der Waals surface area contributed by atoms with Crippen molar-refractivity contribution in [2.45, 2.75) is 26.0 Å². The van der Waals surface area contributed by atoms with Crippen molar-refractivity contribution in [3.8, 4) is 5.75 Å². The molecule has 1 N–H and O–H groups in total. The molecule has 0 aliphatic carbocycles. The Morgan fingerprint density at radius 1 is 1.17 bits per heavy atom. The second-order valence-electron chi connectivity index (χ2n) is 4.32. The van der Waals surface area contributed by atoms with Crippen LogP contribution in [0.3, 0.4) is 0 Å². The fraction of sp³-hybridized carbons (Fsp3) is 0.333. The van der Waals surface area contributed by atoms with Crippen molar-refractivity contribution in [2.75, 3.05) is 6.61 Å². The van der Waals surface area contributed by atoms with Crippen LogP contribution in [0.25, 0.3) is 0 Å². The molecule has 2 aromatic rings. The average molecular weight is 245 g/mol. The SMILES string of the molecule is CC(O)c1cccn1CCCOc1ccccc1. The number of aliphatic hydroxyl groups is 1. The molecule has 96 valence electrons. The maximum Gasteiger partial charge on any atom is 0.119 e. The van der Waals surface area contributed by atoms with Gasteiger partial charge in [0.2, 0.25) is 0 Å². The highest BCUT2D eigenvalue weighted by Gasteiger charge is 2.05. The van der Waals surface area contributed by atoms with E-state index in [4.69, 9.17) is 4.74 Å². The normalized spacial score (nSPS) is 12.3. The summed E-state index contributed by atoms with van der Waals surface area (Å²) in [6.45, 7) is 3.33. The Morgan fingerprint density at radius 3 is 2.67 bits per heavy atom. The van der Waals surface area contributed by atoms with Crippen molar-refractivity contribution < 1.29 is 9.84 Å². The maximum absolute atomic E-state index is 9.58. The van der Waals surface area contributed by atoms with E-state index in [0.29, 0.717) is 6.61 Å². The van der Waals surface area contributed by atoms with Gasteiger partial charge < -0.3 is 14.4 Å². The van der Waals surface area contributed by atoms with Crippen molar-refractivity contribution in [1.82, 2.24) is 4.57 Å². The number of rotatable bonds is 6. The zero-order valence-corrected chi connectivity index (χ0v) is 10.6. The molecule has 0 radical (unpaired) electrons. The first kappa shape index (κ1) is 12.7. The van der Waals surface area contributed by atoms with Crippen molar-refractivity contribution >= 4 is 0 Å². The molecule has 2 rings (SSSR count). The van der Waals surface area contributed by atoms with Crippen LogP contribution < -0.4 is 4.74 Å². The van der Waals surface area contributed by atoms with E-state index in [9.17, 15) is 5.11 Å². The zero-order valence-electron chi connectivity index (χ0n) is 10.6. The molecular formula is C15H19NO2. The topological polar surface area (TPSA) is 34.4 Å². The minimum atomic E-state index is -0.421. The summed E-state index contributed by atoms with van der Waals surface area (Å²) in [5.74, 6) is 0.903. The van der Waals surface area contributed by atoms with Crippen LogP contribution in [0.5, 0.6) is 5.75 Å². The number of aliphatic hydroxyl groups excluding tert-OH is 1. The van der Waals surface area contributed by atoms with Crippen molar-refractivity contribution in [3.05, 3.63) is 54.4 Å². The van der Waals surface area contributed by atoms with Crippen LogP contribution in [0.1, 0.15) is 25.1 Å². The van der Waals surface area contributed by atoms with Gasteiger partial charge >= 0.3 is 0 Å². The minimum Gasteiger partial charge on any atom is -0.494 e. The largest absolute Gasteiger partial charge is 0.494 e. The van der Waals surface area contributed by atoms with E-state index in [-0.39, 0.29) is 0 Å². The molecule has 1 atom stereocenters. The second-order valence-corrected chi connectivity index (χ2v) is 4.32. The lowest BCUT2D eigenvalue weighted by atomic mass is 10.3. The Morgan fingerprint density at radius 2 is 1.94 bits per heavy atom. The van der Waals surface area contributed by atoms with E-state index < -0.39 is 6.10 Å². The lowest BCUT2D eigenvalue weighted by Crippen LogP contribution is -2.08. The van der Waals surface area contributed by atoms with Gasteiger partial charge in [-0.3, -0.25) is 0 Å². The summed E-state index contributed by atoms with van der Waals surface area (Å²) in [6, 6.07) is 13.7. The van der Waals surface area contributed by atoms with E-state index in [1.54, 1.807) is 6.92 Å². The summed E-state index contributed by atoms with van der Waals surface area (Å²) < 4.78 is 7.70. The number of nitrogens with zero attached hydrogens (tertiary/aromatic N) is 1. The van der Waals surface area contributed by atoms with Crippen LogP contribution in [0.15, 0.2) is 48.7 Å². The van der Waals surface area contributed by atoms with Gasteiger partial charge in [-0.15, -0.1) is 0 Å². The number of hydrogen-bond donors (Lipinski definition) is 1. The fourth-order valence-corrected chi connectivity index (χ4v) is 1.95. The van der Waals surface area contributed by atoms with Crippen LogP contribution in [0.2, 0.25) is 0 Å². The molecule has 0 bridgehead atoms. The van der Waals surface area contributed by atoms with Gasteiger partial charge in [-0.25, -0.2) is 0 Å². The molecule has 18 heavy (non-hydrogen) atoms.